The van der Waals surface area contributed by atoms with E-state index in [-0.39, 0.29) is 30.9 Å². The van der Waals surface area contributed by atoms with Gasteiger partial charge in [0, 0.05) is 24.0 Å². The number of hydrogen-bond donors (Lipinski definition) is 1. The molecule has 1 saturated carbocycles. The van der Waals surface area contributed by atoms with Crippen molar-refractivity contribution in [2.45, 2.75) is 57.2 Å². The van der Waals surface area contributed by atoms with Gasteiger partial charge >= 0.3 is 5.97 Å². The number of carbonyl (C=O) groups is 2. The number of aliphatic carboxylic acids is 1. The number of fused-ring (bicyclic) bond motifs is 2. The van der Waals surface area contributed by atoms with Gasteiger partial charge in [0.15, 0.2) is 0 Å². The number of hydrogen-bond acceptors (Lipinski definition) is 4. The SMILES string of the molecule is Cl.O=C(O)C1CC2CCCCC2N1CC(=O)N1CCc2sccc2C1. The van der Waals surface area contributed by atoms with E-state index in [1.165, 1.54) is 16.9 Å². The Balaban J connectivity index is 0.00000182. The average Bonchev–Trinajstić information content (AvgIpc) is 3.19. The Morgan fingerprint density at radius 1 is 1.28 bits per heavy atom. The molecule has 3 atom stereocenters. The predicted molar refractivity (Wildman–Crippen MR) is 99.2 cm³/mol. The molecule has 3 heterocycles. The van der Waals surface area contributed by atoms with Crippen molar-refractivity contribution in [1.29, 1.82) is 0 Å². The van der Waals surface area contributed by atoms with Gasteiger partial charge in [0.1, 0.15) is 6.04 Å². The lowest BCUT2D eigenvalue weighted by Gasteiger charge is -2.35. The van der Waals surface area contributed by atoms with Gasteiger partial charge in [-0.1, -0.05) is 12.8 Å². The fourth-order valence-corrected chi connectivity index (χ4v) is 5.63. The zero-order chi connectivity index (χ0) is 16.7. The van der Waals surface area contributed by atoms with Crippen molar-refractivity contribution in [2.24, 2.45) is 5.92 Å². The number of halogens is 1. The Hall–Kier alpha value is -1.11. The molecule has 0 bridgehead atoms. The van der Waals surface area contributed by atoms with Gasteiger partial charge in [-0.3, -0.25) is 14.5 Å². The summed E-state index contributed by atoms with van der Waals surface area (Å²) < 4.78 is 0. The van der Waals surface area contributed by atoms with Gasteiger partial charge in [0.05, 0.1) is 6.54 Å². The summed E-state index contributed by atoms with van der Waals surface area (Å²) in [4.78, 5) is 29.8. The molecule has 25 heavy (non-hydrogen) atoms. The summed E-state index contributed by atoms with van der Waals surface area (Å²) in [6.07, 6.45) is 6.13. The van der Waals surface area contributed by atoms with Crippen LogP contribution in [0.3, 0.4) is 0 Å². The Morgan fingerprint density at radius 2 is 2.08 bits per heavy atom. The van der Waals surface area contributed by atoms with Crippen LogP contribution in [-0.2, 0) is 22.6 Å². The summed E-state index contributed by atoms with van der Waals surface area (Å²) in [7, 11) is 0. The molecule has 4 rings (SSSR count). The number of carboxylic acids is 1. The van der Waals surface area contributed by atoms with E-state index in [0.29, 0.717) is 18.9 Å². The topological polar surface area (TPSA) is 60.9 Å². The summed E-state index contributed by atoms with van der Waals surface area (Å²) in [6.45, 7) is 1.70. The maximum absolute atomic E-state index is 12.8. The molecular formula is C18H25ClN2O3S. The van der Waals surface area contributed by atoms with Crippen molar-refractivity contribution in [2.75, 3.05) is 13.1 Å². The smallest absolute Gasteiger partial charge is 0.320 e. The molecule has 1 aromatic rings. The molecular weight excluding hydrogens is 360 g/mol. The molecule has 0 radical (unpaired) electrons. The molecule has 1 aliphatic carbocycles. The molecule has 7 heteroatoms. The summed E-state index contributed by atoms with van der Waals surface area (Å²) in [6, 6.07) is 1.90. The number of carboxylic acid groups (broad SMARTS) is 1. The quantitative estimate of drug-likeness (QED) is 0.870. The molecule has 138 valence electrons. The highest BCUT2D eigenvalue weighted by Gasteiger charge is 2.46. The molecule has 3 aliphatic rings. The van der Waals surface area contributed by atoms with E-state index in [1.807, 2.05) is 9.80 Å². The molecule has 1 amide bonds. The fourth-order valence-electron chi connectivity index (χ4n) is 4.74. The lowest BCUT2D eigenvalue weighted by Crippen LogP contribution is -2.49. The van der Waals surface area contributed by atoms with Crippen LogP contribution in [0, 0.1) is 5.92 Å². The van der Waals surface area contributed by atoms with Crippen molar-refractivity contribution < 1.29 is 14.7 Å². The number of carbonyl (C=O) groups excluding carboxylic acids is 1. The van der Waals surface area contributed by atoms with Gasteiger partial charge in [-0.15, -0.1) is 23.7 Å². The molecule has 3 unspecified atom stereocenters. The highest BCUT2D eigenvalue weighted by Crippen LogP contribution is 2.39. The predicted octanol–water partition coefficient (Wildman–Crippen LogP) is 2.77. The van der Waals surface area contributed by atoms with Gasteiger partial charge in [-0.05, 0) is 48.6 Å². The van der Waals surface area contributed by atoms with E-state index in [0.717, 1.165) is 32.2 Å². The zero-order valence-electron chi connectivity index (χ0n) is 14.2. The maximum atomic E-state index is 12.8. The van der Waals surface area contributed by atoms with E-state index in [9.17, 15) is 14.7 Å². The van der Waals surface area contributed by atoms with Crippen LogP contribution < -0.4 is 0 Å². The van der Waals surface area contributed by atoms with E-state index < -0.39 is 12.0 Å². The first-order valence-corrected chi connectivity index (χ1v) is 9.83. The molecule has 0 spiro atoms. The highest BCUT2D eigenvalue weighted by molar-refractivity contribution is 7.10. The van der Waals surface area contributed by atoms with Crippen LogP contribution in [0.4, 0.5) is 0 Å². The van der Waals surface area contributed by atoms with Crippen LogP contribution in [-0.4, -0.2) is 52.0 Å². The highest BCUT2D eigenvalue weighted by atomic mass is 35.5. The van der Waals surface area contributed by atoms with Crippen LogP contribution in [0.25, 0.3) is 0 Å². The number of likely N-dealkylation sites (tertiary alicyclic amines) is 1. The monoisotopic (exact) mass is 384 g/mol. The third-order valence-corrected chi connectivity index (χ3v) is 7.01. The second kappa shape index (κ2) is 7.64. The molecule has 2 fully saturated rings. The van der Waals surface area contributed by atoms with E-state index >= 15 is 0 Å². The Kier molecular flexibility index (Phi) is 5.71. The summed E-state index contributed by atoms with van der Waals surface area (Å²) >= 11 is 1.77. The van der Waals surface area contributed by atoms with Crippen molar-refractivity contribution in [3.8, 4) is 0 Å². The Morgan fingerprint density at radius 3 is 2.88 bits per heavy atom. The van der Waals surface area contributed by atoms with Gasteiger partial charge in [0.2, 0.25) is 5.91 Å². The van der Waals surface area contributed by atoms with Crippen LogP contribution in [0.15, 0.2) is 11.4 Å². The van der Waals surface area contributed by atoms with Crippen molar-refractivity contribution >= 4 is 35.6 Å². The standard InChI is InChI=1S/C18H24N2O3S.ClH/c21-17(19-7-5-16-13(10-19)6-8-24-16)11-20-14-4-2-1-3-12(14)9-15(20)18(22)23;/h6,8,12,14-15H,1-5,7,9-11H2,(H,22,23);1H. The van der Waals surface area contributed by atoms with Gasteiger partial charge in [-0.25, -0.2) is 0 Å². The fraction of sp³-hybridized carbons (Fsp3) is 0.667. The number of nitrogens with zero attached hydrogens (tertiary/aromatic N) is 2. The summed E-state index contributed by atoms with van der Waals surface area (Å²) in [5.41, 5.74) is 1.26. The molecule has 5 nitrogen and oxygen atoms in total. The Labute approximate surface area is 158 Å². The molecule has 1 aromatic heterocycles. The van der Waals surface area contributed by atoms with Gasteiger partial charge in [-0.2, -0.15) is 0 Å². The van der Waals surface area contributed by atoms with Crippen molar-refractivity contribution in [3.63, 3.8) is 0 Å². The number of rotatable bonds is 3. The first-order valence-electron chi connectivity index (χ1n) is 8.95. The van der Waals surface area contributed by atoms with Crippen LogP contribution in [0.5, 0.6) is 0 Å². The van der Waals surface area contributed by atoms with Crippen molar-refractivity contribution in [3.05, 3.63) is 21.9 Å². The second-order valence-electron chi connectivity index (χ2n) is 7.31. The van der Waals surface area contributed by atoms with E-state index in [4.69, 9.17) is 0 Å². The lowest BCUT2D eigenvalue weighted by molar-refractivity contribution is -0.144. The van der Waals surface area contributed by atoms with Crippen LogP contribution in [0.2, 0.25) is 0 Å². The summed E-state index contributed by atoms with van der Waals surface area (Å²) in [5, 5.41) is 11.7. The van der Waals surface area contributed by atoms with E-state index in [1.54, 1.807) is 11.3 Å². The van der Waals surface area contributed by atoms with Gasteiger partial charge in [0.25, 0.3) is 0 Å². The second-order valence-corrected chi connectivity index (χ2v) is 8.31. The minimum Gasteiger partial charge on any atom is -0.480 e. The minimum absolute atomic E-state index is 0. The summed E-state index contributed by atoms with van der Waals surface area (Å²) in [5.74, 6) is -0.224. The largest absolute Gasteiger partial charge is 0.480 e. The minimum atomic E-state index is -0.768. The third-order valence-electron chi connectivity index (χ3n) is 5.98. The zero-order valence-corrected chi connectivity index (χ0v) is 15.9. The molecule has 0 aromatic carbocycles. The van der Waals surface area contributed by atoms with Gasteiger partial charge < -0.3 is 10.0 Å². The third kappa shape index (κ3) is 3.57. The molecule has 1 N–H and O–H groups in total. The van der Waals surface area contributed by atoms with Crippen LogP contribution in [0.1, 0.15) is 42.5 Å². The first kappa shape index (κ1) is 18.7. The first-order chi connectivity index (χ1) is 11.6. The lowest BCUT2D eigenvalue weighted by atomic mass is 9.85. The van der Waals surface area contributed by atoms with Crippen molar-refractivity contribution in [1.82, 2.24) is 9.80 Å². The van der Waals surface area contributed by atoms with Crippen LogP contribution >= 0.6 is 23.7 Å². The average molecular weight is 385 g/mol. The van der Waals surface area contributed by atoms with E-state index in [2.05, 4.69) is 11.4 Å². The number of thiophene rings is 1. The maximum Gasteiger partial charge on any atom is 0.320 e. The normalized spacial score (nSPS) is 28.8. The number of amides is 1. The molecule has 2 aliphatic heterocycles. The molecule has 1 saturated heterocycles. The Bertz CT molecular complexity index is 650.